The van der Waals surface area contributed by atoms with Gasteiger partial charge in [0.05, 0.1) is 36.2 Å². The highest BCUT2D eigenvalue weighted by molar-refractivity contribution is 9.10. The molecule has 0 amide bonds. The molecule has 0 spiro atoms. The van der Waals surface area contributed by atoms with Gasteiger partial charge in [0.25, 0.3) is 0 Å². The molecule has 0 aliphatic carbocycles. The van der Waals surface area contributed by atoms with Crippen LogP contribution < -0.4 is 25.0 Å². The van der Waals surface area contributed by atoms with Crippen LogP contribution in [0.15, 0.2) is 52.0 Å². The average Bonchev–Trinajstić information content (AvgIpc) is 2.87. The Labute approximate surface area is 211 Å². The van der Waals surface area contributed by atoms with Crippen LogP contribution in [-0.4, -0.2) is 58.8 Å². The molecule has 35 heavy (non-hydrogen) atoms. The molecule has 1 aliphatic heterocycles. The highest BCUT2D eigenvalue weighted by Crippen LogP contribution is 2.33. The number of rotatable bonds is 8. The van der Waals surface area contributed by atoms with E-state index in [1.165, 1.54) is 19.3 Å². The van der Waals surface area contributed by atoms with Crippen molar-refractivity contribution in [3.05, 3.63) is 52.9 Å². The number of halogens is 2. The smallest absolute Gasteiger partial charge is 0.242 e. The van der Waals surface area contributed by atoms with Gasteiger partial charge in [-0.25, -0.2) is 22.5 Å². The molecule has 0 unspecified atom stereocenters. The van der Waals surface area contributed by atoms with Crippen LogP contribution in [0, 0.1) is 5.82 Å². The standard InChI is InChI=1S/C22H24BrFN6O4S/c1-25-35(31,32)20-11-14(24)3-5-18(20)27-21-16(23)13-26-22(29-21)28-17-6-4-15(12-19(17)33-2)30-7-9-34-10-8-30/h3-6,11-13,25H,7-10H2,1-2H3,(H2,26,27,28,29). The summed E-state index contributed by atoms with van der Waals surface area (Å²) < 4.78 is 52.2. The average molecular weight is 567 g/mol. The number of nitrogens with zero attached hydrogens (tertiary/aromatic N) is 3. The summed E-state index contributed by atoms with van der Waals surface area (Å²) in [5, 5.41) is 6.07. The molecule has 0 saturated carbocycles. The Hall–Kier alpha value is -3.00. The Kier molecular flexibility index (Phi) is 7.69. The zero-order valence-corrected chi connectivity index (χ0v) is 21.4. The Morgan fingerprint density at radius 2 is 1.86 bits per heavy atom. The molecule has 0 atom stereocenters. The highest BCUT2D eigenvalue weighted by atomic mass is 79.9. The van der Waals surface area contributed by atoms with Crippen LogP contribution in [0.1, 0.15) is 0 Å². The Morgan fingerprint density at radius 3 is 2.57 bits per heavy atom. The largest absolute Gasteiger partial charge is 0.494 e. The first-order valence-electron chi connectivity index (χ1n) is 10.6. The third-order valence-electron chi connectivity index (χ3n) is 5.31. The fraction of sp³-hybridized carbons (Fsp3) is 0.273. The maximum atomic E-state index is 13.8. The summed E-state index contributed by atoms with van der Waals surface area (Å²) >= 11 is 3.37. The van der Waals surface area contributed by atoms with Crippen molar-refractivity contribution in [2.24, 2.45) is 0 Å². The quantitative estimate of drug-likeness (QED) is 0.375. The first-order chi connectivity index (χ1) is 16.8. The van der Waals surface area contributed by atoms with E-state index in [1.54, 1.807) is 7.11 Å². The minimum atomic E-state index is -3.92. The van der Waals surface area contributed by atoms with Crippen molar-refractivity contribution in [2.75, 3.05) is 56.0 Å². The number of benzene rings is 2. The van der Waals surface area contributed by atoms with Crippen LogP contribution in [0.25, 0.3) is 0 Å². The van der Waals surface area contributed by atoms with Crippen molar-refractivity contribution < 1.29 is 22.3 Å². The van der Waals surface area contributed by atoms with Gasteiger partial charge in [0.1, 0.15) is 22.3 Å². The second-order valence-electron chi connectivity index (χ2n) is 7.47. The van der Waals surface area contributed by atoms with Crippen molar-refractivity contribution >= 4 is 54.8 Å². The minimum Gasteiger partial charge on any atom is -0.494 e. The third-order valence-corrected chi connectivity index (χ3v) is 7.34. The molecule has 13 heteroatoms. The predicted molar refractivity (Wildman–Crippen MR) is 135 cm³/mol. The van der Waals surface area contributed by atoms with E-state index in [9.17, 15) is 12.8 Å². The maximum absolute atomic E-state index is 13.8. The van der Waals surface area contributed by atoms with Crippen LogP contribution in [0.5, 0.6) is 5.75 Å². The molecular formula is C22H24BrFN6O4S. The van der Waals surface area contributed by atoms with Crippen LogP contribution in [0.3, 0.4) is 0 Å². The third kappa shape index (κ3) is 5.81. The van der Waals surface area contributed by atoms with Gasteiger partial charge in [-0.3, -0.25) is 0 Å². The van der Waals surface area contributed by atoms with Crippen molar-refractivity contribution in [3.8, 4) is 5.75 Å². The van der Waals surface area contributed by atoms with Crippen molar-refractivity contribution in [1.29, 1.82) is 0 Å². The summed E-state index contributed by atoms with van der Waals surface area (Å²) in [4.78, 5) is 10.7. The molecule has 3 aromatic rings. The summed E-state index contributed by atoms with van der Waals surface area (Å²) in [6, 6.07) is 9.20. The van der Waals surface area contributed by atoms with Crippen LogP contribution in [0.4, 0.5) is 33.2 Å². The number of anilines is 5. The molecule has 2 aromatic carbocycles. The Balaban J connectivity index is 1.60. The molecule has 4 rings (SSSR count). The molecule has 0 bridgehead atoms. The lowest BCUT2D eigenvalue weighted by atomic mass is 10.2. The number of methoxy groups -OCH3 is 1. The predicted octanol–water partition coefficient (Wildman–Crippen LogP) is 3.62. The normalized spacial score (nSPS) is 14.0. The Morgan fingerprint density at radius 1 is 1.11 bits per heavy atom. The number of hydrogen-bond acceptors (Lipinski definition) is 9. The summed E-state index contributed by atoms with van der Waals surface area (Å²) in [6.45, 7) is 2.96. The van der Waals surface area contributed by atoms with E-state index in [0.29, 0.717) is 29.1 Å². The lowest BCUT2D eigenvalue weighted by Gasteiger charge is -2.29. The first kappa shape index (κ1) is 25.1. The van der Waals surface area contributed by atoms with E-state index in [-0.39, 0.29) is 22.3 Å². The monoisotopic (exact) mass is 566 g/mol. The lowest BCUT2D eigenvalue weighted by molar-refractivity contribution is 0.122. The zero-order valence-electron chi connectivity index (χ0n) is 19.0. The lowest BCUT2D eigenvalue weighted by Crippen LogP contribution is -2.36. The van der Waals surface area contributed by atoms with Gasteiger partial charge in [-0.15, -0.1) is 0 Å². The molecule has 1 aliphatic rings. The van der Waals surface area contributed by atoms with E-state index in [4.69, 9.17) is 9.47 Å². The van der Waals surface area contributed by atoms with Crippen LogP contribution in [-0.2, 0) is 14.8 Å². The Bertz CT molecular complexity index is 1320. The molecule has 1 fully saturated rings. The van der Waals surface area contributed by atoms with E-state index >= 15 is 0 Å². The van der Waals surface area contributed by atoms with Gasteiger partial charge in [0.15, 0.2) is 0 Å². The number of ether oxygens (including phenoxy) is 2. The van der Waals surface area contributed by atoms with E-state index in [1.807, 2.05) is 18.2 Å². The SMILES string of the molecule is CNS(=O)(=O)c1cc(F)ccc1Nc1nc(Nc2ccc(N3CCOCC3)cc2OC)ncc1Br. The van der Waals surface area contributed by atoms with Gasteiger partial charge < -0.3 is 25.0 Å². The second kappa shape index (κ2) is 10.7. The summed E-state index contributed by atoms with van der Waals surface area (Å²) in [5.74, 6) is 0.455. The topological polar surface area (TPSA) is 118 Å². The van der Waals surface area contributed by atoms with Crippen LogP contribution in [0.2, 0.25) is 0 Å². The van der Waals surface area contributed by atoms with Gasteiger partial charge in [-0.1, -0.05) is 0 Å². The molecule has 2 heterocycles. The van der Waals surface area contributed by atoms with Gasteiger partial charge >= 0.3 is 0 Å². The van der Waals surface area contributed by atoms with Crippen molar-refractivity contribution in [2.45, 2.75) is 4.90 Å². The van der Waals surface area contributed by atoms with E-state index in [0.717, 1.165) is 30.9 Å². The maximum Gasteiger partial charge on any atom is 0.242 e. The number of hydrogen-bond donors (Lipinski definition) is 3. The highest BCUT2D eigenvalue weighted by Gasteiger charge is 2.20. The van der Waals surface area contributed by atoms with Crippen molar-refractivity contribution in [1.82, 2.24) is 14.7 Å². The van der Waals surface area contributed by atoms with Crippen LogP contribution >= 0.6 is 15.9 Å². The first-order valence-corrected chi connectivity index (χ1v) is 12.9. The molecule has 186 valence electrons. The molecule has 3 N–H and O–H groups in total. The van der Waals surface area contributed by atoms with Crippen molar-refractivity contribution in [3.63, 3.8) is 0 Å². The van der Waals surface area contributed by atoms with Gasteiger partial charge in [-0.05, 0) is 53.3 Å². The molecule has 10 nitrogen and oxygen atoms in total. The summed E-state index contributed by atoms with van der Waals surface area (Å²) in [6.07, 6.45) is 1.52. The summed E-state index contributed by atoms with van der Waals surface area (Å²) in [7, 11) is -1.09. The van der Waals surface area contributed by atoms with E-state index in [2.05, 4.69) is 46.2 Å². The fourth-order valence-corrected chi connectivity index (χ4v) is 4.68. The van der Waals surface area contributed by atoms with Gasteiger partial charge in [0.2, 0.25) is 16.0 Å². The minimum absolute atomic E-state index is 0.151. The molecule has 1 aromatic heterocycles. The molecule has 0 radical (unpaired) electrons. The number of morpholine rings is 1. The fourth-order valence-electron chi connectivity index (χ4n) is 3.50. The summed E-state index contributed by atoms with van der Waals surface area (Å²) in [5.41, 5.74) is 1.82. The second-order valence-corrected chi connectivity index (χ2v) is 10.2. The zero-order chi connectivity index (χ0) is 25.0. The number of nitrogens with one attached hydrogen (secondary N) is 3. The number of sulfonamides is 1. The molecule has 1 saturated heterocycles. The van der Waals surface area contributed by atoms with Gasteiger partial charge in [-0.2, -0.15) is 4.98 Å². The van der Waals surface area contributed by atoms with E-state index < -0.39 is 15.8 Å². The number of aromatic nitrogens is 2. The van der Waals surface area contributed by atoms with Gasteiger partial charge in [0, 0.05) is 31.0 Å². The molecular weight excluding hydrogens is 543 g/mol.